The summed E-state index contributed by atoms with van der Waals surface area (Å²) in [5.74, 6) is 0. The minimum absolute atomic E-state index is 0. The summed E-state index contributed by atoms with van der Waals surface area (Å²) in [5.41, 5.74) is 0. The maximum atomic E-state index is 8.25. The summed E-state index contributed by atoms with van der Waals surface area (Å²) in [6, 6.07) is 0. The van der Waals surface area contributed by atoms with Crippen molar-refractivity contribution in [3.8, 4) is 0 Å². The molecule has 0 radical (unpaired) electrons. The predicted octanol–water partition coefficient (Wildman–Crippen LogP) is -3.08. The van der Waals surface area contributed by atoms with Gasteiger partial charge in [0.2, 0.25) is 0 Å². The summed E-state index contributed by atoms with van der Waals surface area (Å²) in [4.78, 5) is 0. The summed E-state index contributed by atoms with van der Waals surface area (Å²) in [5, 5.41) is 16.5. The van der Waals surface area contributed by atoms with Gasteiger partial charge in [-0.2, -0.15) is 14.2 Å². The fourth-order valence-electron chi connectivity index (χ4n) is 0. The van der Waals surface area contributed by atoms with Crippen LogP contribution in [0, 0.1) is 0 Å². The summed E-state index contributed by atoms with van der Waals surface area (Å²) >= 11 is 0. The van der Waals surface area contributed by atoms with Gasteiger partial charge >= 0.3 is 41.9 Å². The number of hydrogen-bond acceptors (Lipinski definition) is 2. The molecule has 0 aromatic carbocycles. The molecule has 6 heavy (non-hydrogen) atoms. The van der Waals surface area contributed by atoms with Crippen LogP contribution in [-0.4, -0.2) is 56.1 Å². The van der Waals surface area contributed by atoms with Crippen LogP contribution >= 0.6 is 0 Å². The molecule has 0 fully saturated rings. The van der Waals surface area contributed by atoms with E-state index in [0.29, 0.717) is 0 Å². The van der Waals surface area contributed by atoms with Gasteiger partial charge in [0.05, 0.1) is 0 Å². The second-order valence-electron chi connectivity index (χ2n) is 0. The first-order valence-electron chi connectivity index (χ1n) is 0.816. The molecule has 0 bridgehead atoms. The molecule has 0 aliphatic heterocycles. The largest absolute Gasteiger partial charge is 2.00 e. The van der Waals surface area contributed by atoms with Crippen molar-refractivity contribution >= 4 is 41.9 Å². The fraction of sp³-hybridized carbons (Fsp3) is 1.00. The zero-order valence-corrected chi connectivity index (χ0v) is 4.94. The topological polar surface area (TPSA) is 46.1 Å². The molecule has 0 aliphatic rings. The Morgan fingerprint density at radius 3 is 0.833 bits per heavy atom. The summed E-state index contributed by atoms with van der Waals surface area (Å²) < 4.78 is 0. The van der Waals surface area contributed by atoms with E-state index < -0.39 is 0 Å². The number of rotatable bonds is 0. The van der Waals surface area contributed by atoms with Gasteiger partial charge in [0.1, 0.15) is 0 Å². The third-order valence-corrected chi connectivity index (χ3v) is 0. The van der Waals surface area contributed by atoms with Gasteiger partial charge in [0.25, 0.3) is 0 Å². The fourth-order valence-corrected chi connectivity index (χ4v) is 0. The van der Waals surface area contributed by atoms with Crippen molar-refractivity contribution in [3.63, 3.8) is 0 Å². The average Bonchev–Trinajstić information content (AvgIpc) is 1.50. The van der Waals surface area contributed by atoms with Gasteiger partial charge in [-0.3, -0.25) is 0 Å². The standard InChI is InChI=1S/2CH3O.Li.Mg.H/c2*1-2;;;/h2*1H3;;;/q2*-1;;+2;. The first kappa shape index (κ1) is 26.7. The van der Waals surface area contributed by atoms with E-state index >= 15 is 0 Å². The molecular weight excluding hydrogens is 87.3 g/mol. The smallest absolute Gasteiger partial charge is 2.00 e. The van der Waals surface area contributed by atoms with E-state index in [9.17, 15) is 0 Å². The van der Waals surface area contributed by atoms with Crippen LogP contribution in [0.15, 0.2) is 0 Å². The van der Waals surface area contributed by atoms with Crippen LogP contribution in [0.5, 0.6) is 0 Å². The minimum Gasteiger partial charge on any atom is 2.00 e. The first-order valence-corrected chi connectivity index (χ1v) is 0.816. The SMILES string of the molecule is C[O-].C[O-].[LiH].[Mg+2]. The Hall–Kier alpha value is 1.28. The quantitative estimate of drug-likeness (QED) is 0.299. The molecule has 0 atom stereocenters. The van der Waals surface area contributed by atoms with Crippen LogP contribution in [0.2, 0.25) is 0 Å². The van der Waals surface area contributed by atoms with Gasteiger partial charge in [-0.25, -0.2) is 0 Å². The Kier molecular flexibility index (Phi) is 473. The van der Waals surface area contributed by atoms with E-state index in [2.05, 4.69) is 0 Å². The Bertz CT molecular complexity index is 11.5. The van der Waals surface area contributed by atoms with Gasteiger partial charge in [-0.1, -0.05) is 0 Å². The van der Waals surface area contributed by atoms with Gasteiger partial charge in [-0.15, -0.1) is 0 Å². The van der Waals surface area contributed by atoms with E-state index in [1.165, 1.54) is 0 Å². The van der Waals surface area contributed by atoms with E-state index in [-0.39, 0.29) is 41.9 Å². The Morgan fingerprint density at radius 1 is 0.833 bits per heavy atom. The van der Waals surface area contributed by atoms with Gasteiger partial charge in [0.15, 0.2) is 0 Å². The van der Waals surface area contributed by atoms with Crippen molar-refractivity contribution < 1.29 is 10.2 Å². The van der Waals surface area contributed by atoms with E-state index in [0.717, 1.165) is 14.2 Å². The number of hydrogen-bond donors (Lipinski definition) is 0. The zero-order valence-electron chi connectivity index (χ0n) is 3.52. The molecule has 0 rings (SSSR count). The van der Waals surface area contributed by atoms with Gasteiger partial charge < -0.3 is 10.2 Å². The van der Waals surface area contributed by atoms with Crippen molar-refractivity contribution in [2.45, 2.75) is 0 Å². The second kappa shape index (κ2) is 106. The van der Waals surface area contributed by atoms with Crippen molar-refractivity contribution in [1.29, 1.82) is 0 Å². The molecule has 0 heterocycles. The molecule has 0 spiro atoms. The van der Waals surface area contributed by atoms with Crippen molar-refractivity contribution in [2.75, 3.05) is 14.2 Å². The van der Waals surface area contributed by atoms with E-state index in [1.54, 1.807) is 0 Å². The van der Waals surface area contributed by atoms with Crippen LogP contribution in [0.4, 0.5) is 0 Å². The van der Waals surface area contributed by atoms with Crippen molar-refractivity contribution in [3.05, 3.63) is 0 Å². The molecule has 0 N–H and O–H groups in total. The normalized spacial score (nSPS) is 2.00. The molecule has 0 aromatic rings. The van der Waals surface area contributed by atoms with Crippen LogP contribution < -0.4 is 10.2 Å². The monoisotopic (exact) mass is 94.0 g/mol. The molecular formula is C2H7LiMgO2. The average molecular weight is 94.3 g/mol. The maximum absolute atomic E-state index is 8.25. The molecule has 0 amide bonds. The molecule has 0 saturated heterocycles. The van der Waals surface area contributed by atoms with Crippen molar-refractivity contribution in [2.24, 2.45) is 0 Å². The van der Waals surface area contributed by atoms with E-state index in [4.69, 9.17) is 10.2 Å². The third kappa shape index (κ3) is 58.8. The Balaban J connectivity index is -0.00000000500. The van der Waals surface area contributed by atoms with Crippen molar-refractivity contribution in [1.82, 2.24) is 0 Å². The molecule has 0 aromatic heterocycles. The van der Waals surface area contributed by atoms with Crippen LogP contribution in [-0.2, 0) is 0 Å². The zero-order chi connectivity index (χ0) is 4.00. The molecule has 0 unspecified atom stereocenters. The van der Waals surface area contributed by atoms with Crippen LogP contribution in [0.1, 0.15) is 0 Å². The summed E-state index contributed by atoms with van der Waals surface area (Å²) in [7, 11) is 1.50. The van der Waals surface area contributed by atoms with Crippen LogP contribution in [0.25, 0.3) is 0 Å². The summed E-state index contributed by atoms with van der Waals surface area (Å²) in [6.45, 7) is 0. The minimum atomic E-state index is 0. The first-order chi connectivity index (χ1) is 2.00. The van der Waals surface area contributed by atoms with E-state index in [1.807, 2.05) is 0 Å². The second-order valence-corrected chi connectivity index (χ2v) is 0. The Labute approximate surface area is 66.3 Å². The predicted molar refractivity (Wildman–Crippen MR) is 24.8 cm³/mol. The molecule has 0 aliphatic carbocycles. The third-order valence-electron chi connectivity index (χ3n) is 0. The van der Waals surface area contributed by atoms with Gasteiger partial charge in [0, 0.05) is 0 Å². The summed E-state index contributed by atoms with van der Waals surface area (Å²) in [6.07, 6.45) is 0. The molecule has 4 heteroatoms. The molecule has 2 nitrogen and oxygen atoms in total. The molecule has 0 saturated carbocycles. The van der Waals surface area contributed by atoms with Gasteiger partial charge in [-0.05, 0) is 0 Å². The van der Waals surface area contributed by atoms with Crippen LogP contribution in [0.3, 0.4) is 0 Å². The molecule has 30 valence electrons. The Morgan fingerprint density at radius 2 is 0.833 bits per heavy atom. The maximum Gasteiger partial charge on any atom is 2.00 e.